The van der Waals surface area contributed by atoms with Crippen molar-refractivity contribution in [2.45, 2.75) is 76.3 Å². The summed E-state index contributed by atoms with van der Waals surface area (Å²) in [6, 6.07) is 12.0. The first kappa shape index (κ1) is 19.0. The van der Waals surface area contributed by atoms with Gasteiger partial charge in [-0.05, 0) is 42.5 Å². The summed E-state index contributed by atoms with van der Waals surface area (Å²) in [5, 5.41) is 1.71. The molecule has 0 aliphatic heterocycles. The van der Waals surface area contributed by atoms with Gasteiger partial charge < -0.3 is 10.6 Å². The molecule has 148 valence electrons. The summed E-state index contributed by atoms with van der Waals surface area (Å²) in [5.74, 6) is -0.522. The van der Waals surface area contributed by atoms with Gasteiger partial charge in [-0.3, -0.25) is 9.59 Å². The highest BCUT2D eigenvalue weighted by Crippen LogP contribution is 2.33. The summed E-state index contributed by atoms with van der Waals surface area (Å²) in [6.07, 6.45) is 11.5. The minimum Gasteiger partial charge on any atom is -0.366 e. The second kappa shape index (κ2) is 8.34. The van der Waals surface area contributed by atoms with Crippen LogP contribution in [0, 0.1) is 0 Å². The van der Waals surface area contributed by atoms with E-state index in [9.17, 15) is 9.59 Å². The molecule has 2 aromatic rings. The Morgan fingerprint density at radius 3 is 1.93 bits per heavy atom. The van der Waals surface area contributed by atoms with E-state index in [4.69, 9.17) is 5.73 Å². The number of nitrogens with zero attached hydrogens (tertiary/aromatic N) is 1. The maximum atomic E-state index is 13.8. The normalized spacial score (nSPS) is 18.9. The third-order valence-corrected chi connectivity index (χ3v) is 6.58. The Morgan fingerprint density at radius 1 is 0.786 bits per heavy atom. The Hall–Kier alpha value is -2.36. The predicted octanol–water partition coefficient (Wildman–Crippen LogP) is 5.05. The molecule has 2 aromatic carbocycles. The van der Waals surface area contributed by atoms with Crippen molar-refractivity contribution in [3.8, 4) is 0 Å². The zero-order valence-electron chi connectivity index (χ0n) is 16.5. The molecule has 4 nitrogen and oxygen atoms in total. The number of rotatable bonds is 4. The molecule has 2 amide bonds. The van der Waals surface area contributed by atoms with Crippen LogP contribution in [0.4, 0.5) is 0 Å². The number of carbonyl (C=O) groups excluding carboxylic acids is 2. The van der Waals surface area contributed by atoms with E-state index in [-0.39, 0.29) is 18.0 Å². The maximum Gasteiger partial charge on any atom is 0.255 e. The SMILES string of the molecule is NC(=O)c1c(C(=O)N(C2CCCCC2)C2CCCCC2)ccc2ccccc12. The monoisotopic (exact) mass is 378 g/mol. The van der Waals surface area contributed by atoms with Gasteiger partial charge in [0, 0.05) is 12.1 Å². The molecule has 4 rings (SSSR count). The lowest BCUT2D eigenvalue weighted by molar-refractivity contribution is 0.0446. The standard InChI is InChI=1S/C24H30N2O2/c25-23(27)22-20-14-8-7-9-17(20)15-16-21(22)24(28)26(18-10-3-1-4-11-18)19-12-5-2-6-13-19/h7-9,14-16,18-19H,1-6,10-13H2,(H2,25,27). The van der Waals surface area contributed by atoms with E-state index < -0.39 is 5.91 Å². The van der Waals surface area contributed by atoms with Crippen LogP contribution in [0.2, 0.25) is 0 Å². The lowest BCUT2D eigenvalue weighted by Gasteiger charge is -2.42. The molecule has 0 radical (unpaired) electrons. The van der Waals surface area contributed by atoms with Crippen LogP contribution in [0.1, 0.15) is 84.9 Å². The van der Waals surface area contributed by atoms with Crippen LogP contribution < -0.4 is 5.73 Å². The highest BCUT2D eigenvalue weighted by Gasteiger charge is 2.34. The van der Waals surface area contributed by atoms with E-state index in [1.54, 1.807) is 0 Å². The van der Waals surface area contributed by atoms with Crippen LogP contribution in [0.3, 0.4) is 0 Å². The number of primary amides is 1. The van der Waals surface area contributed by atoms with Crippen LogP contribution in [0.15, 0.2) is 36.4 Å². The fourth-order valence-corrected chi connectivity index (χ4v) is 5.20. The number of amides is 2. The van der Waals surface area contributed by atoms with Crippen molar-refractivity contribution >= 4 is 22.6 Å². The van der Waals surface area contributed by atoms with Gasteiger partial charge in [-0.2, -0.15) is 0 Å². The minimum atomic E-state index is -0.521. The van der Waals surface area contributed by atoms with Gasteiger partial charge in [-0.1, -0.05) is 68.9 Å². The lowest BCUT2D eigenvalue weighted by Crippen LogP contribution is -2.49. The third-order valence-electron chi connectivity index (χ3n) is 6.58. The fourth-order valence-electron chi connectivity index (χ4n) is 5.20. The summed E-state index contributed by atoms with van der Waals surface area (Å²) in [6.45, 7) is 0. The molecule has 0 unspecified atom stereocenters. The van der Waals surface area contributed by atoms with Crippen molar-refractivity contribution in [2.75, 3.05) is 0 Å². The molecule has 0 atom stereocenters. The van der Waals surface area contributed by atoms with Gasteiger partial charge >= 0.3 is 0 Å². The molecule has 28 heavy (non-hydrogen) atoms. The number of carbonyl (C=O) groups is 2. The van der Waals surface area contributed by atoms with E-state index in [0.717, 1.165) is 36.5 Å². The van der Waals surface area contributed by atoms with Crippen LogP contribution in [-0.4, -0.2) is 28.8 Å². The molecule has 2 aliphatic rings. The fraction of sp³-hybridized carbons (Fsp3) is 0.500. The molecule has 2 fully saturated rings. The Labute approximate surface area is 167 Å². The summed E-state index contributed by atoms with van der Waals surface area (Å²) in [5.41, 5.74) is 6.61. The highest BCUT2D eigenvalue weighted by atomic mass is 16.2. The van der Waals surface area contributed by atoms with Crippen LogP contribution in [-0.2, 0) is 0 Å². The van der Waals surface area contributed by atoms with Gasteiger partial charge in [0.2, 0.25) is 5.91 Å². The third kappa shape index (κ3) is 3.65. The molecular formula is C24H30N2O2. The highest BCUT2D eigenvalue weighted by molar-refractivity contribution is 6.15. The van der Waals surface area contributed by atoms with Crippen molar-refractivity contribution in [1.29, 1.82) is 0 Å². The minimum absolute atomic E-state index is 0.00152. The number of nitrogens with two attached hydrogens (primary N) is 1. The van der Waals surface area contributed by atoms with E-state index in [2.05, 4.69) is 4.90 Å². The van der Waals surface area contributed by atoms with E-state index >= 15 is 0 Å². The quantitative estimate of drug-likeness (QED) is 0.809. The Balaban J connectivity index is 1.77. The molecule has 0 bridgehead atoms. The molecular weight excluding hydrogens is 348 g/mol. The largest absolute Gasteiger partial charge is 0.366 e. The number of fused-ring (bicyclic) bond motifs is 1. The second-order valence-electron chi connectivity index (χ2n) is 8.37. The van der Waals surface area contributed by atoms with Crippen molar-refractivity contribution in [1.82, 2.24) is 4.90 Å². The first-order chi connectivity index (χ1) is 13.7. The average molecular weight is 379 g/mol. The molecule has 2 saturated carbocycles. The van der Waals surface area contributed by atoms with Gasteiger partial charge in [0.15, 0.2) is 0 Å². The average Bonchev–Trinajstić information content (AvgIpc) is 2.74. The van der Waals surface area contributed by atoms with E-state index in [1.807, 2.05) is 36.4 Å². The Bertz CT molecular complexity index is 846. The van der Waals surface area contributed by atoms with E-state index in [0.29, 0.717) is 11.1 Å². The van der Waals surface area contributed by atoms with Crippen molar-refractivity contribution in [2.24, 2.45) is 5.73 Å². The number of benzene rings is 2. The second-order valence-corrected chi connectivity index (χ2v) is 8.37. The van der Waals surface area contributed by atoms with Crippen LogP contribution in [0.25, 0.3) is 10.8 Å². The Kier molecular flexibility index (Phi) is 5.65. The van der Waals surface area contributed by atoms with Gasteiger partial charge in [0.05, 0.1) is 11.1 Å². The van der Waals surface area contributed by atoms with Crippen molar-refractivity contribution in [3.05, 3.63) is 47.5 Å². The summed E-state index contributed by atoms with van der Waals surface area (Å²) < 4.78 is 0. The first-order valence-corrected chi connectivity index (χ1v) is 10.8. The van der Waals surface area contributed by atoms with Gasteiger partial charge in [0.1, 0.15) is 0 Å². The molecule has 0 heterocycles. The van der Waals surface area contributed by atoms with Gasteiger partial charge in [0.25, 0.3) is 5.91 Å². The maximum absolute atomic E-state index is 13.8. The van der Waals surface area contributed by atoms with E-state index in [1.165, 1.54) is 38.5 Å². The van der Waals surface area contributed by atoms with Gasteiger partial charge in [-0.25, -0.2) is 0 Å². The molecule has 2 aliphatic carbocycles. The molecule has 0 aromatic heterocycles. The van der Waals surface area contributed by atoms with Crippen molar-refractivity contribution in [3.63, 3.8) is 0 Å². The molecule has 0 spiro atoms. The Morgan fingerprint density at radius 2 is 1.36 bits per heavy atom. The van der Waals surface area contributed by atoms with Crippen LogP contribution >= 0.6 is 0 Å². The summed E-state index contributed by atoms with van der Waals surface area (Å²) in [4.78, 5) is 28.3. The van der Waals surface area contributed by atoms with Crippen LogP contribution in [0.5, 0.6) is 0 Å². The summed E-state index contributed by atoms with van der Waals surface area (Å²) in [7, 11) is 0. The number of hydrogen-bond acceptors (Lipinski definition) is 2. The molecule has 4 heteroatoms. The summed E-state index contributed by atoms with van der Waals surface area (Å²) >= 11 is 0. The predicted molar refractivity (Wildman–Crippen MR) is 112 cm³/mol. The number of hydrogen-bond donors (Lipinski definition) is 1. The zero-order valence-corrected chi connectivity index (χ0v) is 16.5. The van der Waals surface area contributed by atoms with Gasteiger partial charge in [-0.15, -0.1) is 0 Å². The smallest absolute Gasteiger partial charge is 0.255 e. The molecule has 2 N–H and O–H groups in total. The molecule has 0 saturated heterocycles. The topological polar surface area (TPSA) is 63.4 Å². The lowest BCUT2D eigenvalue weighted by atomic mass is 9.87. The van der Waals surface area contributed by atoms with Crippen molar-refractivity contribution < 1.29 is 9.59 Å². The zero-order chi connectivity index (χ0) is 19.5. The first-order valence-electron chi connectivity index (χ1n) is 10.8.